The molecule has 4 rings (SSSR count). The summed E-state index contributed by atoms with van der Waals surface area (Å²) in [5, 5.41) is 2.74. The van der Waals surface area contributed by atoms with Crippen LogP contribution in [0, 0.1) is 0 Å². The van der Waals surface area contributed by atoms with Crippen LogP contribution in [0.3, 0.4) is 0 Å². The van der Waals surface area contributed by atoms with Crippen LogP contribution in [0.1, 0.15) is 0 Å². The Hall–Kier alpha value is -2.53. The van der Waals surface area contributed by atoms with Gasteiger partial charge < -0.3 is 13.3 Å². The van der Waals surface area contributed by atoms with E-state index in [1.165, 1.54) is 11.3 Å². The predicted molar refractivity (Wildman–Crippen MR) is 75.2 cm³/mol. The standard InChI is InChI=1S/C15H9NO3S/c1-2-12(17-6-1)10-3-7-18-13(10)11-4-8-19-14(11)15-16-5-9-20-15/h1-9H. The molecule has 0 aromatic carbocycles. The molecule has 0 unspecified atom stereocenters. The van der Waals surface area contributed by atoms with E-state index in [-0.39, 0.29) is 0 Å². The Morgan fingerprint density at radius 2 is 1.70 bits per heavy atom. The third kappa shape index (κ3) is 1.71. The zero-order valence-electron chi connectivity index (χ0n) is 10.3. The van der Waals surface area contributed by atoms with Gasteiger partial charge in [0.15, 0.2) is 10.8 Å². The average molecular weight is 283 g/mol. The van der Waals surface area contributed by atoms with E-state index in [9.17, 15) is 0 Å². The third-order valence-electron chi connectivity index (χ3n) is 2.99. The first-order chi connectivity index (χ1) is 9.93. The zero-order valence-corrected chi connectivity index (χ0v) is 11.1. The normalized spacial score (nSPS) is 11.0. The molecule has 4 aromatic rings. The van der Waals surface area contributed by atoms with Gasteiger partial charge in [-0.25, -0.2) is 4.98 Å². The second-order valence-electron chi connectivity index (χ2n) is 4.14. The van der Waals surface area contributed by atoms with Crippen LogP contribution in [-0.4, -0.2) is 4.98 Å². The summed E-state index contributed by atoms with van der Waals surface area (Å²) in [7, 11) is 0. The number of hydrogen-bond donors (Lipinski definition) is 0. The maximum Gasteiger partial charge on any atom is 0.173 e. The fourth-order valence-corrected chi connectivity index (χ4v) is 2.77. The van der Waals surface area contributed by atoms with Gasteiger partial charge in [-0.2, -0.15) is 0 Å². The van der Waals surface area contributed by atoms with E-state index in [2.05, 4.69) is 4.98 Å². The molecule has 0 saturated heterocycles. The molecular weight excluding hydrogens is 274 g/mol. The summed E-state index contributed by atoms with van der Waals surface area (Å²) in [4.78, 5) is 4.28. The molecule has 0 radical (unpaired) electrons. The molecule has 0 aliphatic carbocycles. The summed E-state index contributed by atoms with van der Waals surface area (Å²) >= 11 is 1.53. The molecule has 0 spiro atoms. The van der Waals surface area contributed by atoms with Gasteiger partial charge in [-0.3, -0.25) is 0 Å². The van der Waals surface area contributed by atoms with E-state index < -0.39 is 0 Å². The van der Waals surface area contributed by atoms with Crippen LogP contribution in [0.2, 0.25) is 0 Å². The van der Waals surface area contributed by atoms with Gasteiger partial charge >= 0.3 is 0 Å². The summed E-state index contributed by atoms with van der Waals surface area (Å²) in [6, 6.07) is 7.51. The fourth-order valence-electron chi connectivity index (χ4n) is 2.13. The Kier molecular flexibility index (Phi) is 2.57. The van der Waals surface area contributed by atoms with E-state index in [0.29, 0.717) is 5.76 Å². The minimum Gasteiger partial charge on any atom is -0.464 e. The molecule has 5 heteroatoms. The Bertz CT molecular complexity index is 739. The largest absolute Gasteiger partial charge is 0.464 e. The molecule has 0 saturated carbocycles. The number of hydrogen-bond acceptors (Lipinski definition) is 5. The van der Waals surface area contributed by atoms with E-state index in [0.717, 1.165) is 27.7 Å². The fraction of sp³-hybridized carbons (Fsp3) is 0. The van der Waals surface area contributed by atoms with Gasteiger partial charge in [0.1, 0.15) is 11.5 Å². The van der Waals surface area contributed by atoms with Crippen LogP contribution in [0.25, 0.3) is 33.4 Å². The average Bonchev–Trinajstić information content (AvgIpc) is 3.23. The van der Waals surface area contributed by atoms with Crippen molar-refractivity contribution in [2.45, 2.75) is 0 Å². The first-order valence-electron chi connectivity index (χ1n) is 6.02. The highest BCUT2D eigenvalue weighted by atomic mass is 32.1. The maximum absolute atomic E-state index is 5.63. The van der Waals surface area contributed by atoms with Crippen molar-refractivity contribution in [3.8, 4) is 33.4 Å². The third-order valence-corrected chi connectivity index (χ3v) is 3.76. The minimum atomic E-state index is 0.711. The number of aromatic nitrogens is 1. The van der Waals surface area contributed by atoms with E-state index in [4.69, 9.17) is 13.3 Å². The second-order valence-corrected chi connectivity index (χ2v) is 5.04. The zero-order chi connectivity index (χ0) is 13.4. The number of furan rings is 3. The summed E-state index contributed by atoms with van der Waals surface area (Å²) in [5.41, 5.74) is 1.77. The number of thiazole rings is 1. The number of rotatable bonds is 3. The van der Waals surface area contributed by atoms with Crippen molar-refractivity contribution in [2.24, 2.45) is 0 Å². The van der Waals surface area contributed by atoms with Gasteiger partial charge in [-0.05, 0) is 24.3 Å². The topological polar surface area (TPSA) is 52.3 Å². The molecule has 0 N–H and O–H groups in total. The lowest BCUT2D eigenvalue weighted by Crippen LogP contribution is -1.79. The Balaban J connectivity index is 1.88. The highest BCUT2D eigenvalue weighted by Gasteiger charge is 2.20. The summed E-state index contributed by atoms with van der Waals surface area (Å²) in [6.45, 7) is 0. The van der Waals surface area contributed by atoms with Crippen LogP contribution >= 0.6 is 11.3 Å². The molecule has 20 heavy (non-hydrogen) atoms. The minimum absolute atomic E-state index is 0.711. The van der Waals surface area contributed by atoms with Crippen molar-refractivity contribution in [1.29, 1.82) is 0 Å². The van der Waals surface area contributed by atoms with E-state index >= 15 is 0 Å². The van der Waals surface area contributed by atoms with Crippen molar-refractivity contribution in [3.63, 3.8) is 0 Å². The highest BCUT2D eigenvalue weighted by Crippen LogP contribution is 2.40. The highest BCUT2D eigenvalue weighted by molar-refractivity contribution is 7.13. The van der Waals surface area contributed by atoms with Gasteiger partial charge in [0.05, 0.1) is 29.9 Å². The molecule has 0 fully saturated rings. The summed E-state index contributed by atoms with van der Waals surface area (Å²) < 4.78 is 16.6. The molecule has 0 aliphatic rings. The van der Waals surface area contributed by atoms with E-state index in [1.54, 1.807) is 25.0 Å². The van der Waals surface area contributed by atoms with Crippen molar-refractivity contribution in [2.75, 3.05) is 0 Å². The molecule has 98 valence electrons. The quantitative estimate of drug-likeness (QED) is 0.535. The van der Waals surface area contributed by atoms with Crippen molar-refractivity contribution < 1.29 is 13.3 Å². The maximum atomic E-state index is 5.63. The Morgan fingerprint density at radius 3 is 2.45 bits per heavy atom. The SMILES string of the molecule is c1coc(-c2ccoc2-c2ccoc2-c2nccs2)c1. The van der Waals surface area contributed by atoms with Crippen LogP contribution in [0.15, 0.2) is 67.9 Å². The van der Waals surface area contributed by atoms with Crippen LogP contribution in [-0.2, 0) is 0 Å². The van der Waals surface area contributed by atoms with Gasteiger partial charge in [0.25, 0.3) is 0 Å². The van der Waals surface area contributed by atoms with Crippen LogP contribution < -0.4 is 0 Å². The molecular formula is C15H9NO3S. The first-order valence-corrected chi connectivity index (χ1v) is 6.90. The van der Waals surface area contributed by atoms with Crippen molar-refractivity contribution in [1.82, 2.24) is 4.98 Å². The van der Waals surface area contributed by atoms with Gasteiger partial charge in [-0.1, -0.05) is 0 Å². The van der Waals surface area contributed by atoms with Gasteiger partial charge in [0.2, 0.25) is 0 Å². The predicted octanol–water partition coefficient (Wildman–Crippen LogP) is 4.92. The molecule has 4 heterocycles. The summed E-state index contributed by atoms with van der Waals surface area (Å²) in [5.74, 6) is 2.20. The molecule has 0 bridgehead atoms. The summed E-state index contributed by atoms with van der Waals surface area (Å²) in [6.07, 6.45) is 6.68. The van der Waals surface area contributed by atoms with Crippen LogP contribution in [0.5, 0.6) is 0 Å². The van der Waals surface area contributed by atoms with Crippen molar-refractivity contribution in [3.05, 3.63) is 54.6 Å². The molecule has 0 amide bonds. The molecule has 4 nitrogen and oxygen atoms in total. The second kappa shape index (κ2) is 4.54. The molecule has 0 aliphatic heterocycles. The monoisotopic (exact) mass is 283 g/mol. The van der Waals surface area contributed by atoms with Gasteiger partial charge in [-0.15, -0.1) is 11.3 Å². The van der Waals surface area contributed by atoms with Gasteiger partial charge in [0, 0.05) is 11.6 Å². The Labute approximate surface area is 118 Å². The van der Waals surface area contributed by atoms with Crippen molar-refractivity contribution >= 4 is 11.3 Å². The molecule has 0 atom stereocenters. The lowest BCUT2D eigenvalue weighted by Gasteiger charge is -1.99. The smallest absolute Gasteiger partial charge is 0.173 e. The first kappa shape index (κ1) is 11.3. The lowest BCUT2D eigenvalue weighted by atomic mass is 10.1. The Morgan fingerprint density at radius 1 is 0.850 bits per heavy atom. The molecule has 4 aromatic heterocycles. The van der Waals surface area contributed by atoms with Crippen LogP contribution in [0.4, 0.5) is 0 Å². The number of nitrogens with zero attached hydrogens (tertiary/aromatic N) is 1. The van der Waals surface area contributed by atoms with E-state index in [1.807, 2.05) is 29.6 Å². The lowest BCUT2D eigenvalue weighted by molar-refractivity contribution is 0.565.